The molecule has 0 radical (unpaired) electrons. The fourth-order valence-electron chi connectivity index (χ4n) is 2.09. The van der Waals surface area contributed by atoms with Gasteiger partial charge < -0.3 is 4.98 Å². The van der Waals surface area contributed by atoms with Crippen molar-refractivity contribution in [3.8, 4) is 0 Å². The number of rotatable bonds is 4. The first kappa shape index (κ1) is 15.7. The highest BCUT2D eigenvalue weighted by molar-refractivity contribution is 9.11. The molecule has 0 saturated heterocycles. The Morgan fingerprint density at radius 1 is 1.41 bits per heavy atom. The lowest BCUT2D eigenvalue weighted by molar-refractivity contribution is 0.104. The predicted molar refractivity (Wildman–Crippen MR) is 99.6 cm³/mol. The first-order valence-electron chi connectivity index (χ1n) is 6.24. The second-order valence-corrected chi connectivity index (χ2v) is 8.43. The number of halogens is 1. The number of thiophene rings is 2. The van der Waals surface area contributed by atoms with Gasteiger partial charge in [-0.05, 0) is 56.7 Å². The molecule has 3 rings (SSSR count). The van der Waals surface area contributed by atoms with Crippen molar-refractivity contribution < 1.29 is 4.79 Å². The van der Waals surface area contributed by atoms with Crippen LogP contribution in [0.25, 0.3) is 16.3 Å². The van der Waals surface area contributed by atoms with Crippen molar-refractivity contribution in [2.45, 2.75) is 4.90 Å². The van der Waals surface area contributed by atoms with Crippen molar-refractivity contribution in [1.82, 2.24) is 4.98 Å². The van der Waals surface area contributed by atoms with Gasteiger partial charge in [0.15, 0.2) is 5.78 Å². The molecule has 0 spiro atoms. The maximum absolute atomic E-state index is 12.5. The normalized spacial score (nSPS) is 11.5. The van der Waals surface area contributed by atoms with Crippen LogP contribution in [0.3, 0.4) is 0 Å². The van der Waals surface area contributed by atoms with Crippen LogP contribution in [-0.2, 0) is 0 Å². The van der Waals surface area contributed by atoms with Crippen LogP contribution in [0, 0.1) is 0 Å². The zero-order valence-corrected chi connectivity index (χ0v) is 15.4. The molecule has 0 aliphatic rings. The van der Waals surface area contributed by atoms with Crippen molar-refractivity contribution in [1.29, 1.82) is 0 Å². The topological polar surface area (TPSA) is 49.9 Å². The molecule has 0 bridgehead atoms. The summed E-state index contributed by atoms with van der Waals surface area (Å²) in [6.45, 7) is 0. The molecule has 0 aliphatic carbocycles. The van der Waals surface area contributed by atoms with E-state index in [2.05, 4.69) is 20.9 Å². The standard InChI is InChI=1S/C15H10BrNO2S3/c1-20-13-9-4-5-21-15(9)17-14(19)12(13)10(18)3-2-8-6-11(16)22-7-8/h2-7H,1H3,(H,17,19)/b3-2+. The Morgan fingerprint density at radius 2 is 2.23 bits per heavy atom. The number of H-pyrrole nitrogens is 1. The number of aromatic nitrogens is 1. The summed E-state index contributed by atoms with van der Waals surface area (Å²) in [6, 6.07) is 3.86. The number of pyridine rings is 1. The number of hydrogen-bond donors (Lipinski definition) is 1. The minimum absolute atomic E-state index is 0.212. The Bertz CT molecular complexity index is 936. The summed E-state index contributed by atoms with van der Waals surface area (Å²) in [5.74, 6) is -0.277. The van der Waals surface area contributed by atoms with Gasteiger partial charge in [0.05, 0.1) is 3.79 Å². The molecular weight excluding hydrogens is 402 g/mol. The molecule has 0 saturated carbocycles. The Morgan fingerprint density at radius 3 is 2.91 bits per heavy atom. The number of hydrogen-bond acceptors (Lipinski definition) is 5. The fourth-order valence-corrected chi connectivity index (χ4v) is 4.88. The van der Waals surface area contributed by atoms with E-state index in [1.807, 2.05) is 29.1 Å². The van der Waals surface area contributed by atoms with E-state index >= 15 is 0 Å². The summed E-state index contributed by atoms with van der Waals surface area (Å²) < 4.78 is 1.00. The first-order valence-corrected chi connectivity index (χ1v) is 10.0. The lowest BCUT2D eigenvalue weighted by Gasteiger charge is -2.04. The van der Waals surface area contributed by atoms with Gasteiger partial charge in [-0.25, -0.2) is 0 Å². The SMILES string of the molecule is CSc1c(C(=O)/C=C/c2csc(Br)c2)c(=O)[nH]c2sccc12. The summed E-state index contributed by atoms with van der Waals surface area (Å²) >= 11 is 7.82. The van der Waals surface area contributed by atoms with Gasteiger partial charge in [-0.1, -0.05) is 6.08 Å². The summed E-state index contributed by atoms with van der Waals surface area (Å²) in [6.07, 6.45) is 5.06. The smallest absolute Gasteiger partial charge is 0.261 e. The highest BCUT2D eigenvalue weighted by Gasteiger charge is 2.17. The monoisotopic (exact) mass is 411 g/mol. The second-order valence-electron chi connectivity index (χ2n) is 4.41. The number of aromatic amines is 1. The van der Waals surface area contributed by atoms with Gasteiger partial charge in [0.1, 0.15) is 10.4 Å². The fraction of sp³-hybridized carbons (Fsp3) is 0.0667. The van der Waals surface area contributed by atoms with E-state index < -0.39 is 0 Å². The van der Waals surface area contributed by atoms with Crippen LogP contribution in [0.1, 0.15) is 15.9 Å². The lowest BCUT2D eigenvalue weighted by Crippen LogP contribution is -2.17. The van der Waals surface area contributed by atoms with Crippen LogP contribution < -0.4 is 5.56 Å². The van der Waals surface area contributed by atoms with Crippen LogP contribution in [-0.4, -0.2) is 17.0 Å². The summed E-state index contributed by atoms with van der Waals surface area (Å²) in [7, 11) is 0. The van der Waals surface area contributed by atoms with Crippen LogP contribution in [0.5, 0.6) is 0 Å². The highest BCUT2D eigenvalue weighted by Crippen LogP contribution is 2.30. The Labute approximate surface area is 147 Å². The summed E-state index contributed by atoms with van der Waals surface area (Å²) in [4.78, 5) is 29.0. The Kier molecular flexibility index (Phi) is 4.67. The van der Waals surface area contributed by atoms with Crippen molar-refractivity contribution in [3.05, 3.63) is 54.2 Å². The molecular formula is C15H10BrNO2S3. The molecule has 0 unspecified atom stereocenters. The lowest BCUT2D eigenvalue weighted by atomic mass is 10.1. The highest BCUT2D eigenvalue weighted by atomic mass is 79.9. The molecule has 0 atom stereocenters. The van der Waals surface area contributed by atoms with Crippen molar-refractivity contribution in [2.75, 3.05) is 6.26 Å². The van der Waals surface area contributed by atoms with Gasteiger partial charge in [-0.3, -0.25) is 9.59 Å². The Hall–Kier alpha value is -1.15. The van der Waals surface area contributed by atoms with Gasteiger partial charge in [-0.15, -0.1) is 34.4 Å². The minimum atomic E-state index is -0.333. The zero-order valence-electron chi connectivity index (χ0n) is 11.4. The molecule has 3 aromatic rings. The minimum Gasteiger partial charge on any atom is -0.313 e. The van der Waals surface area contributed by atoms with Crippen LogP contribution in [0.2, 0.25) is 0 Å². The second kappa shape index (κ2) is 6.54. The molecule has 0 aromatic carbocycles. The number of carbonyl (C=O) groups excluding carboxylic acids is 1. The van der Waals surface area contributed by atoms with Crippen molar-refractivity contribution in [2.24, 2.45) is 0 Å². The van der Waals surface area contributed by atoms with Gasteiger partial charge in [-0.2, -0.15) is 0 Å². The number of nitrogens with one attached hydrogen (secondary N) is 1. The van der Waals surface area contributed by atoms with Crippen molar-refractivity contribution in [3.63, 3.8) is 0 Å². The molecule has 22 heavy (non-hydrogen) atoms. The number of allylic oxidation sites excluding steroid dienone is 1. The van der Waals surface area contributed by atoms with E-state index in [4.69, 9.17) is 0 Å². The molecule has 112 valence electrons. The van der Waals surface area contributed by atoms with Crippen LogP contribution >= 0.6 is 50.4 Å². The zero-order chi connectivity index (χ0) is 15.7. The average molecular weight is 412 g/mol. The number of ketones is 1. The summed E-state index contributed by atoms with van der Waals surface area (Å²) in [5.41, 5.74) is 0.813. The van der Waals surface area contributed by atoms with Crippen LogP contribution in [0.4, 0.5) is 0 Å². The van der Waals surface area contributed by atoms with Gasteiger partial charge in [0.25, 0.3) is 5.56 Å². The third-order valence-electron chi connectivity index (χ3n) is 3.06. The molecule has 0 aliphatic heterocycles. The quantitative estimate of drug-likeness (QED) is 0.371. The maximum Gasteiger partial charge on any atom is 0.261 e. The number of fused-ring (bicyclic) bond motifs is 1. The maximum atomic E-state index is 12.5. The molecule has 7 heteroatoms. The first-order chi connectivity index (χ1) is 10.6. The number of thioether (sulfide) groups is 1. The van der Waals surface area contributed by atoms with E-state index in [0.717, 1.165) is 24.5 Å². The molecule has 0 fully saturated rings. The van der Waals surface area contributed by atoms with E-state index in [1.54, 1.807) is 17.4 Å². The van der Waals surface area contributed by atoms with Crippen molar-refractivity contribution >= 4 is 72.4 Å². The van der Waals surface area contributed by atoms with E-state index in [9.17, 15) is 9.59 Å². The molecule has 3 heterocycles. The van der Waals surface area contributed by atoms with Gasteiger partial charge in [0.2, 0.25) is 0 Å². The number of carbonyl (C=O) groups is 1. The van der Waals surface area contributed by atoms with Crippen LogP contribution in [0.15, 0.2) is 42.4 Å². The molecule has 0 amide bonds. The van der Waals surface area contributed by atoms with Gasteiger partial charge >= 0.3 is 0 Å². The largest absolute Gasteiger partial charge is 0.313 e. The Balaban J connectivity index is 2.05. The molecule has 3 nitrogen and oxygen atoms in total. The van der Waals surface area contributed by atoms with E-state index in [0.29, 0.717) is 0 Å². The van der Waals surface area contributed by atoms with Gasteiger partial charge in [0, 0.05) is 10.3 Å². The third kappa shape index (κ3) is 2.99. The third-order valence-corrected chi connectivity index (χ3v) is 6.24. The predicted octanol–water partition coefficient (Wildman–Crippen LogP) is 5.03. The molecule has 3 aromatic heterocycles. The average Bonchev–Trinajstić information content (AvgIpc) is 3.11. The summed E-state index contributed by atoms with van der Waals surface area (Å²) in [5, 5.41) is 4.77. The molecule has 1 N–H and O–H groups in total. The van der Waals surface area contributed by atoms with E-state index in [-0.39, 0.29) is 16.9 Å². The van der Waals surface area contributed by atoms with E-state index in [1.165, 1.54) is 29.2 Å².